The first kappa shape index (κ1) is 10.1. The van der Waals surface area contributed by atoms with Crippen molar-refractivity contribution in [3.8, 4) is 0 Å². The van der Waals surface area contributed by atoms with E-state index in [1.54, 1.807) is 18.5 Å². The Morgan fingerprint density at radius 2 is 2.00 bits per heavy atom. The summed E-state index contributed by atoms with van der Waals surface area (Å²) < 4.78 is 6.80. The smallest absolute Gasteiger partial charge is 0.263 e. The lowest BCUT2D eigenvalue weighted by Crippen LogP contribution is -2.17. The number of nitrogens with zero attached hydrogens (tertiary/aromatic N) is 2. The Bertz CT molecular complexity index is 796. The van der Waals surface area contributed by atoms with Gasteiger partial charge >= 0.3 is 0 Å². The van der Waals surface area contributed by atoms with Crippen LogP contribution in [0.4, 0.5) is 0 Å². The molecule has 4 heteroatoms. The van der Waals surface area contributed by atoms with Crippen molar-refractivity contribution in [1.82, 2.24) is 9.72 Å². The largest absolute Gasteiger partial charge is 0.360 e. The third-order valence-electron chi connectivity index (χ3n) is 3.23. The van der Waals surface area contributed by atoms with E-state index in [0.29, 0.717) is 16.7 Å². The molecule has 4 nitrogen and oxygen atoms in total. The Balaban J connectivity index is 2.78. The van der Waals surface area contributed by atoms with E-state index < -0.39 is 0 Å². The zero-order valence-electron chi connectivity index (χ0n) is 9.94. The van der Waals surface area contributed by atoms with Gasteiger partial charge in [-0.3, -0.25) is 4.79 Å². The molecule has 0 bridgehead atoms. The Morgan fingerprint density at radius 3 is 2.76 bits per heavy atom. The summed E-state index contributed by atoms with van der Waals surface area (Å²) in [7, 11) is 1.77. The average Bonchev–Trinajstić information content (AvgIpc) is 2.68. The lowest BCUT2D eigenvalue weighted by molar-refractivity contribution is 0.406. The van der Waals surface area contributed by atoms with E-state index in [4.69, 9.17) is 4.52 Å². The number of aryl methyl sites for hydroxylation is 3. The molecule has 0 amide bonds. The summed E-state index contributed by atoms with van der Waals surface area (Å²) in [5, 5.41) is 5.59. The first-order chi connectivity index (χ1) is 8.11. The van der Waals surface area contributed by atoms with Crippen LogP contribution in [-0.4, -0.2) is 9.72 Å². The quantitative estimate of drug-likeness (QED) is 0.593. The van der Waals surface area contributed by atoms with E-state index in [9.17, 15) is 4.79 Å². The fourth-order valence-electron chi connectivity index (χ4n) is 2.31. The molecule has 0 atom stereocenters. The molecular weight excluding hydrogens is 216 g/mol. The van der Waals surface area contributed by atoms with Gasteiger partial charge in [0.1, 0.15) is 16.7 Å². The number of hydrogen-bond donors (Lipinski definition) is 0. The van der Waals surface area contributed by atoms with Gasteiger partial charge in [-0.05, 0) is 25.5 Å². The topological polar surface area (TPSA) is 48.0 Å². The Morgan fingerprint density at radius 1 is 1.24 bits per heavy atom. The van der Waals surface area contributed by atoms with Crippen LogP contribution < -0.4 is 5.56 Å². The normalized spacial score (nSPS) is 11.5. The van der Waals surface area contributed by atoms with Crippen molar-refractivity contribution in [3.63, 3.8) is 0 Å². The molecule has 0 radical (unpaired) electrons. The monoisotopic (exact) mass is 228 g/mol. The van der Waals surface area contributed by atoms with Crippen LogP contribution in [0.3, 0.4) is 0 Å². The molecule has 0 N–H and O–H groups in total. The molecule has 0 spiro atoms. The van der Waals surface area contributed by atoms with E-state index >= 15 is 0 Å². The summed E-state index contributed by atoms with van der Waals surface area (Å²) in [4.78, 5) is 12.2. The van der Waals surface area contributed by atoms with Gasteiger partial charge in [0, 0.05) is 12.4 Å². The molecule has 0 fully saturated rings. The minimum absolute atomic E-state index is 0.0585. The van der Waals surface area contributed by atoms with Crippen LogP contribution in [0.5, 0.6) is 0 Å². The van der Waals surface area contributed by atoms with Crippen LogP contribution in [-0.2, 0) is 7.05 Å². The molecule has 2 heterocycles. The molecule has 3 rings (SSSR count). The van der Waals surface area contributed by atoms with Crippen LogP contribution >= 0.6 is 0 Å². The zero-order chi connectivity index (χ0) is 12.2. The number of hydrogen-bond acceptors (Lipinski definition) is 3. The molecule has 0 unspecified atom stereocenters. The minimum Gasteiger partial charge on any atom is -0.360 e. The van der Waals surface area contributed by atoms with Crippen molar-refractivity contribution in [2.24, 2.45) is 7.05 Å². The summed E-state index contributed by atoms with van der Waals surface area (Å²) in [5.74, 6) is 0.575. The molecule has 0 saturated heterocycles. The summed E-state index contributed by atoms with van der Waals surface area (Å²) in [6, 6.07) is 5.87. The number of rotatable bonds is 0. The van der Waals surface area contributed by atoms with Gasteiger partial charge in [-0.15, -0.1) is 0 Å². The van der Waals surface area contributed by atoms with Crippen LogP contribution in [0.2, 0.25) is 0 Å². The minimum atomic E-state index is -0.0585. The SMILES string of the molecule is Cc1onc2c1c(=O)n(C)c1cccc(C)c21. The second-order valence-corrected chi connectivity index (χ2v) is 4.30. The van der Waals surface area contributed by atoms with Crippen LogP contribution in [0.25, 0.3) is 21.8 Å². The maximum absolute atomic E-state index is 12.2. The van der Waals surface area contributed by atoms with Gasteiger partial charge in [0.2, 0.25) is 0 Å². The van der Waals surface area contributed by atoms with Crippen molar-refractivity contribution in [2.45, 2.75) is 13.8 Å². The number of fused-ring (bicyclic) bond motifs is 3. The van der Waals surface area contributed by atoms with Crippen LogP contribution in [0.15, 0.2) is 27.5 Å². The third kappa shape index (κ3) is 1.18. The molecule has 0 aliphatic heterocycles. The predicted molar refractivity (Wildman–Crippen MR) is 66.2 cm³/mol. The highest BCUT2D eigenvalue weighted by molar-refractivity contribution is 6.05. The second kappa shape index (κ2) is 3.20. The van der Waals surface area contributed by atoms with Gasteiger partial charge in [0.05, 0.1) is 5.52 Å². The zero-order valence-corrected chi connectivity index (χ0v) is 9.94. The van der Waals surface area contributed by atoms with Gasteiger partial charge in [0.25, 0.3) is 5.56 Å². The van der Waals surface area contributed by atoms with Gasteiger partial charge in [-0.1, -0.05) is 17.3 Å². The van der Waals surface area contributed by atoms with Crippen molar-refractivity contribution in [2.75, 3.05) is 0 Å². The lowest BCUT2D eigenvalue weighted by Gasteiger charge is -2.07. The first-order valence-corrected chi connectivity index (χ1v) is 5.45. The lowest BCUT2D eigenvalue weighted by atomic mass is 10.1. The van der Waals surface area contributed by atoms with Crippen molar-refractivity contribution in [1.29, 1.82) is 0 Å². The number of benzene rings is 1. The Hall–Kier alpha value is -2.10. The van der Waals surface area contributed by atoms with Gasteiger partial charge < -0.3 is 9.09 Å². The fraction of sp³-hybridized carbons (Fsp3) is 0.231. The molecular formula is C13H12N2O2. The molecule has 0 aliphatic carbocycles. The molecule has 17 heavy (non-hydrogen) atoms. The fourth-order valence-corrected chi connectivity index (χ4v) is 2.31. The molecule has 2 aromatic heterocycles. The highest BCUT2D eigenvalue weighted by Gasteiger charge is 2.15. The summed E-state index contributed by atoms with van der Waals surface area (Å²) in [5.41, 5.74) is 2.59. The van der Waals surface area contributed by atoms with E-state index in [1.165, 1.54) is 0 Å². The molecule has 3 aromatic rings. The average molecular weight is 228 g/mol. The van der Waals surface area contributed by atoms with E-state index in [1.807, 2.05) is 25.1 Å². The van der Waals surface area contributed by atoms with Crippen LogP contribution in [0.1, 0.15) is 11.3 Å². The Labute approximate surface area is 97.4 Å². The second-order valence-electron chi connectivity index (χ2n) is 4.30. The van der Waals surface area contributed by atoms with Gasteiger partial charge in [0.15, 0.2) is 0 Å². The molecule has 0 saturated carbocycles. The van der Waals surface area contributed by atoms with E-state index in [0.717, 1.165) is 16.5 Å². The van der Waals surface area contributed by atoms with Crippen LogP contribution in [0, 0.1) is 13.8 Å². The summed E-state index contributed by atoms with van der Waals surface area (Å²) in [6.07, 6.45) is 0. The highest BCUT2D eigenvalue weighted by Crippen LogP contribution is 2.25. The maximum atomic E-state index is 12.2. The highest BCUT2D eigenvalue weighted by atomic mass is 16.5. The standard InChI is InChI=1S/C13H12N2O2/c1-7-5-4-6-9-10(7)12-11(8(2)17-14-12)13(16)15(9)3/h4-6H,1-3H3. The van der Waals surface area contributed by atoms with Crippen molar-refractivity contribution >= 4 is 21.8 Å². The van der Waals surface area contributed by atoms with Crippen molar-refractivity contribution < 1.29 is 4.52 Å². The number of pyridine rings is 1. The van der Waals surface area contributed by atoms with E-state index in [-0.39, 0.29) is 5.56 Å². The molecule has 1 aromatic carbocycles. The summed E-state index contributed by atoms with van der Waals surface area (Å²) >= 11 is 0. The first-order valence-electron chi connectivity index (χ1n) is 5.45. The number of aromatic nitrogens is 2. The van der Waals surface area contributed by atoms with Gasteiger partial charge in [-0.2, -0.15) is 0 Å². The van der Waals surface area contributed by atoms with Crippen molar-refractivity contribution in [3.05, 3.63) is 39.9 Å². The van der Waals surface area contributed by atoms with Gasteiger partial charge in [-0.25, -0.2) is 0 Å². The molecule has 0 aliphatic rings. The summed E-state index contributed by atoms with van der Waals surface area (Å²) in [6.45, 7) is 3.77. The molecule has 86 valence electrons. The maximum Gasteiger partial charge on any atom is 0.263 e. The van der Waals surface area contributed by atoms with E-state index in [2.05, 4.69) is 5.16 Å². The Kier molecular flexibility index (Phi) is 1.90. The predicted octanol–water partition coefficient (Wildman–Crippen LogP) is 2.30. The third-order valence-corrected chi connectivity index (χ3v) is 3.23.